The first-order valence-electron chi connectivity index (χ1n) is 6.50. The van der Waals surface area contributed by atoms with Gasteiger partial charge in [-0.15, -0.1) is 0 Å². The Kier molecular flexibility index (Phi) is 3.70. The van der Waals surface area contributed by atoms with Crippen molar-refractivity contribution in [3.05, 3.63) is 45.9 Å². The first-order valence-corrected chi connectivity index (χ1v) is 6.50. The van der Waals surface area contributed by atoms with Gasteiger partial charge < -0.3 is 0 Å². The SMILES string of the molecule is CCCCn1[nH]c(=O)c(-c2ccc(C)cc2)c1C. The molecule has 0 unspecified atom stereocenters. The Morgan fingerprint density at radius 1 is 1.17 bits per heavy atom. The van der Waals surface area contributed by atoms with E-state index in [1.807, 2.05) is 42.8 Å². The fourth-order valence-electron chi connectivity index (χ4n) is 2.16. The molecular weight excluding hydrogens is 224 g/mol. The Labute approximate surface area is 107 Å². The van der Waals surface area contributed by atoms with Gasteiger partial charge in [0.1, 0.15) is 0 Å². The van der Waals surface area contributed by atoms with Gasteiger partial charge in [0.05, 0.1) is 5.56 Å². The number of unbranched alkanes of at least 4 members (excludes halogenated alkanes) is 1. The molecule has 0 bridgehead atoms. The molecule has 3 heteroatoms. The lowest BCUT2D eigenvalue weighted by atomic mass is 10.1. The van der Waals surface area contributed by atoms with E-state index in [0.29, 0.717) is 0 Å². The van der Waals surface area contributed by atoms with Gasteiger partial charge >= 0.3 is 0 Å². The van der Waals surface area contributed by atoms with Crippen LogP contribution < -0.4 is 5.56 Å². The molecule has 0 aliphatic rings. The van der Waals surface area contributed by atoms with Gasteiger partial charge in [-0.25, -0.2) is 0 Å². The highest BCUT2D eigenvalue weighted by molar-refractivity contribution is 5.65. The summed E-state index contributed by atoms with van der Waals surface area (Å²) in [4.78, 5) is 12.0. The van der Waals surface area contributed by atoms with Gasteiger partial charge in [-0.2, -0.15) is 0 Å². The van der Waals surface area contributed by atoms with E-state index in [-0.39, 0.29) is 5.56 Å². The van der Waals surface area contributed by atoms with Crippen molar-refractivity contribution in [2.45, 2.75) is 40.2 Å². The summed E-state index contributed by atoms with van der Waals surface area (Å²) in [5, 5.41) is 2.92. The molecule has 1 aromatic carbocycles. The number of rotatable bonds is 4. The molecule has 1 aromatic heterocycles. The van der Waals surface area contributed by atoms with Gasteiger partial charge in [0.2, 0.25) is 0 Å². The molecule has 18 heavy (non-hydrogen) atoms. The smallest absolute Gasteiger partial charge is 0.272 e. The second-order valence-corrected chi connectivity index (χ2v) is 4.77. The van der Waals surface area contributed by atoms with Crippen LogP contribution in [-0.2, 0) is 6.54 Å². The summed E-state index contributed by atoms with van der Waals surface area (Å²) < 4.78 is 1.96. The maximum absolute atomic E-state index is 12.0. The van der Waals surface area contributed by atoms with Crippen molar-refractivity contribution in [2.24, 2.45) is 0 Å². The zero-order chi connectivity index (χ0) is 13.1. The maximum Gasteiger partial charge on any atom is 0.272 e. The summed E-state index contributed by atoms with van der Waals surface area (Å²) in [6.45, 7) is 7.08. The molecule has 0 spiro atoms. The van der Waals surface area contributed by atoms with Crippen LogP contribution in [-0.4, -0.2) is 9.78 Å². The number of H-pyrrole nitrogens is 1. The van der Waals surface area contributed by atoms with Crippen molar-refractivity contribution in [1.82, 2.24) is 9.78 Å². The number of hydrogen-bond donors (Lipinski definition) is 1. The van der Waals surface area contributed by atoms with E-state index in [0.717, 1.165) is 36.2 Å². The van der Waals surface area contributed by atoms with Gasteiger partial charge in [0.25, 0.3) is 5.56 Å². The third-order valence-electron chi connectivity index (χ3n) is 3.31. The lowest BCUT2D eigenvalue weighted by molar-refractivity contribution is 0.555. The third kappa shape index (κ3) is 2.40. The standard InChI is InChI=1S/C15H20N2O/c1-4-5-10-17-12(3)14(15(18)16-17)13-8-6-11(2)7-9-13/h6-9H,4-5,10H2,1-3H3,(H,16,18). The second-order valence-electron chi connectivity index (χ2n) is 4.77. The van der Waals surface area contributed by atoms with E-state index in [1.54, 1.807) is 0 Å². The molecule has 3 nitrogen and oxygen atoms in total. The first kappa shape index (κ1) is 12.7. The van der Waals surface area contributed by atoms with E-state index >= 15 is 0 Å². The van der Waals surface area contributed by atoms with Crippen LogP contribution in [0.2, 0.25) is 0 Å². The third-order valence-corrected chi connectivity index (χ3v) is 3.31. The van der Waals surface area contributed by atoms with Crippen LogP contribution in [0.3, 0.4) is 0 Å². The van der Waals surface area contributed by atoms with Crippen LogP contribution in [0.1, 0.15) is 31.0 Å². The van der Waals surface area contributed by atoms with Crippen LogP contribution in [0.25, 0.3) is 11.1 Å². The van der Waals surface area contributed by atoms with Crippen LogP contribution >= 0.6 is 0 Å². The van der Waals surface area contributed by atoms with Crippen molar-refractivity contribution >= 4 is 0 Å². The second kappa shape index (κ2) is 5.25. The van der Waals surface area contributed by atoms with Crippen molar-refractivity contribution < 1.29 is 0 Å². The lowest BCUT2D eigenvalue weighted by Crippen LogP contribution is -2.07. The summed E-state index contributed by atoms with van der Waals surface area (Å²) in [5.74, 6) is 0. The monoisotopic (exact) mass is 244 g/mol. The molecule has 1 N–H and O–H groups in total. The van der Waals surface area contributed by atoms with E-state index in [9.17, 15) is 4.79 Å². The van der Waals surface area contributed by atoms with Crippen molar-refractivity contribution in [2.75, 3.05) is 0 Å². The number of nitrogens with one attached hydrogen (secondary N) is 1. The Morgan fingerprint density at radius 3 is 2.44 bits per heavy atom. The highest BCUT2D eigenvalue weighted by atomic mass is 16.1. The summed E-state index contributed by atoms with van der Waals surface area (Å²) in [6.07, 6.45) is 2.21. The zero-order valence-electron chi connectivity index (χ0n) is 11.3. The molecule has 0 aliphatic carbocycles. The first-order chi connectivity index (χ1) is 8.63. The van der Waals surface area contributed by atoms with Gasteiger partial charge in [0.15, 0.2) is 0 Å². The number of hydrogen-bond acceptors (Lipinski definition) is 1. The molecule has 0 saturated carbocycles. The van der Waals surface area contributed by atoms with Crippen molar-refractivity contribution in [1.29, 1.82) is 0 Å². The van der Waals surface area contributed by atoms with Crippen LogP contribution in [0.5, 0.6) is 0 Å². The predicted molar refractivity (Wildman–Crippen MR) is 74.9 cm³/mol. The van der Waals surface area contributed by atoms with Crippen LogP contribution in [0.4, 0.5) is 0 Å². The Balaban J connectivity index is 2.42. The predicted octanol–water partition coefficient (Wildman–Crippen LogP) is 3.26. The van der Waals surface area contributed by atoms with Crippen molar-refractivity contribution in [3.63, 3.8) is 0 Å². The topological polar surface area (TPSA) is 37.8 Å². The molecule has 96 valence electrons. The van der Waals surface area contributed by atoms with Gasteiger partial charge in [-0.05, 0) is 25.8 Å². The minimum Gasteiger partial charge on any atom is -0.289 e. The minimum absolute atomic E-state index is 0.00690. The van der Waals surface area contributed by atoms with Crippen molar-refractivity contribution in [3.8, 4) is 11.1 Å². The molecule has 0 amide bonds. The molecule has 0 aliphatic heterocycles. The molecule has 2 rings (SSSR count). The number of aryl methyl sites for hydroxylation is 2. The highest BCUT2D eigenvalue weighted by Gasteiger charge is 2.12. The molecular formula is C15H20N2O. The summed E-state index contributed by atoms with van der Waals surface area (Å²) in [6, 6.07) is 8.10. The van der Waals surface area contributed by atoms with Crippen LogP contribution in [0.15, 0.2) is 29.1 Å². The number of aromatic nitrogens is 2. The lowest BCUT2D eigenvalue weighted by Gasteiger charge is -2.05. The Hall–Kier alpha value is -1.77. The normalized spacial score (nSPS) is 10.8. The summed E-state index contributed by atoms with van der Waals surface area (Å²) >= 11 is 0. The van der Waals surface area contributed by atoms with Gasteiger partial charge in [-0.1, -0.05) is 43.2 Å². The fourth-order valence-corrected chi connectivity index (χ4v) is 2.16. The quantitative estimate of drug-likeness (QED) is 0.880. The Morgan fingerprint density at radius 2 is 1.83 bits per heavy atom. The number of benzene rings is 1. The average Bonchev–Trinajstić information content (AvgIpc) is 2.63. The van der Waals surface area contributed by atoms with Crippen LogP contribution in [0, 0.1) is 13.8 Å². The van der Waals surface area contributed by atoms with E-state index in [1.165, 1.54) is 5.56 Å². The number of nitrogens with zero attached hydrogens (tertiary/aromatic N) is 1. The van der Waals surface area contributed by atoms with E-state index in [2.05, 4.69) is 12.0 Å². The summed E-state index contributed by atoms with van der Waals surface area (Å²) in [7, 11) is 0. The molecule has 2 aromatic rings. The van der Waals surface area contributed by atoms with E-state index in [4.69, 9.17) is 0 Å². The van der Waals surface area contributed by atoms with Gasteiger partial charge in [0, 0.05) is 12.2 Å². The molecule has 1 heterocycles. The molecule has 0 atom stereocenters. The zero-order valence-corrected chi connectivity index (χ0v) is 11.3. The molecule has 0 saturated heterocycles. The maximum atomic E-state index is 12.0. The molecule has 0 fully saturated rings. The highest BCUT2D eigenvalue weighted by Crippen LogP contribution is 2.20. The Bertz CT molecular complexity index is 576. The fraction of sp³-hybridized carbons (Fsp3) is 0.400. The van der Waals surface area contributed by atoms with E-state index < -0.39 is 0 Å². The minimum atomic E-state index is 0.00690. The average molecular weight is 244 g/mol. The number of aromatic amines is 1. The largest absolute Gasteiger partial charge is 0.289 e. The van der Waals surface area contributed by atoms with Gasteiger partial charge in [-0.3, -0.25) is 14.6 Å². The summed E-state index contributed by atoms with van der Waals surface area (Å²) in [5.41, 5.74) is 4.03. The molecule has 0 radical (unpaired) electrons.